The number of nitrogens with one attached hydrogen (secondary N) is 1. The van der Waals surface area contributed by atoms with Gasteiger partial charge < -0.3 is 19.7 Å². The molecular weight excluding hydrogens is 292 g/mol. The number of aliphatic hydroxyl groups is 1. The third kappa shape index (κ3) is 3.34. The molecular formula is C18H24N2O3. The van der Waals surface area contributed by atoms with Gasteiger partial charge in [-0.25, -0.2) is 0 Å². The highest BCUT2D eigenvalue weighted by molar-refractivity contribution is 5.98. The molecule has 0 spiro atoms. The van der Waals surface area contributed by atoms with E-state index >= 15 is 0 Å². The molecule has 1 amide bonds. The number of benzene rings is 1. The SMILES string of the molecule is CCOc1ccc2cc(C(=O)N3CCCC3CCCO)[nH]c2c1. The Morgan fingerprint density at radius 1 is 1.43 bits per heavy atom. The molecule has 1 fully saturated rings. The normalized spacial score (nSPS) is 17.8. The van der Waals surface area contributed by atoms with Crippen molar-refractivity contribution in [1.82, 2.24) is 9.88 Å². The van der Waals surface area contributed by atoms with Gasteiger partial charge >= 0.3 is 0 Å². The van der Waals surface area contributed by atoms with Crippen LogP contribution >= 0.6 is 0 Å². The molecule has 1 aliphatic rings. The van der Waals surface area contributed by atoms with Crippen molar-refractivity contribution in [2.45, 2.75) is 38.6 Å². The van der Waals surface area contributed by atoms with Gasteiger partial charge in [-0.3, -0.25) is 4.79 Å². The summed E-state index contributed by atoms with van der Waals surface area (Å²) in [6.07, 6.45) is 3.69. The first kappa shape index (κ1) is 15.9. The molecule has 2 heterocycles. The number of fused-ring (bicyclic) bond motifs is 1. The zero-order valence-electron chi connectivity index (χ0n) is 13.5. The van der Waals surface area contributed by atoms with E-state index in [0.717, 1.165) is 48.9 Å². The van der Waals surface area contributed by atoms with E-state index in [1.165, 1.54) is 0 Å². The number of aromatic nitrogens is 1. The molecule has 2 aromatic rings. The van der Waals surface area contributed by atoms with E-state index in [4.69, 9.17) is 9.84 Å². The molecule has 23 heavy (non-hydrogen) atoms. The molecule has 1 aromatic carbocycles. The van der Waals surface area contributed by atoms with E-state index in [1.807, 2.05) is 36.1 Å². The Balaban J connectivity index is 1.80. The number of carbonyl (C=O) groups excluding carboxylic acids is 1. The van der Waals surface area contributed by atoms with Crippen molar-refractivity contribution in [1.29, 1.82) is 0 Å². The summed E-state index contributed by atoms with van der Waals surface area (Å²) in [5.41, 5.74) is 1.55. The van der Waals surface area contributed by atoms with Crippen LogP contribution in [0.5, 0.6) is 5.75 Å². The molecule has 0 saturated carbocycles. The van der Waals surface area contributed by atoms with Gasteiger partial charge in [0.05, 0.1) is 6.61 Å². The van der Waals surface area contributed by atoms with Crippen LogP contribution in [-0.4, -0.2) is 46.7 Å². The minimum Gasteiger partial charge on any atom is -0.494 e. The van der Waals surface area contributed by atoms with Crippen LogP contribution in [0, 0.1) is 0 Å². The van der Waals surface area contributed by atoms with Crippen molar-refractivity contribution in [3.05, 3.63) is 30.0 Å². The van der Waals surface area contributed by atoms with E-state index < -0.39 is 0 Å². The quantitative estimate of drug-likeness (QED) is 0.861. The monoisotopic (exact) mass is 316 g/mol. The predicted octanol–water partition coefficient (Wildman–Crippen LogP) is 2.94. The van der Waals surface area contributed by atoms with Gasteiger partial charge in [0, 0.05) is 36.2 Å². The van der Waals surface area contributed by atoms with Crippen LogP contribution in [0.2, 0.25) is 0 Å². The number of carbonyl (C=O) groups is 1. The molecule has 5 nitrogen and oxygen atoms in total. The highest BCUT2D eigenvalue weighted by atomic mass is 16.5. The summed E-state index contributed by atoms with van der Waals surface area (Å²) < 4.78 is 5.51. The average molecular weight is 316 g/mol. The van der Waals surface area contributed by atoms with E-state index in [0.29, 0.717) is 12.3 Å². The largest absolute Gasteiger partial charge is 0.494 e. The maximum absolute atomic E-state index is 12.8. The maximum atomic E-state index is 12.8. The van der Waals surface area contributed by atoms with Crippen molar-refractivity contribution >= 4 is 16.8 Å². The Hall–Kier alpha value is -2.01. The summed E-state index contributed by atoms with van der Waals surface area (Å²) in [5.74, 6) is 0.863. The van der Waals surface area contributed by atoms with Gasteiger partial charge in [-0.2, -0.15) is 0 Å². The van der Waals surface area contributed by atoms with E-state index in [2.05, 4.69) is 4.98 Å². The summed E-state index contributed by atoms with van der Waals surface area (Å²) in [7, 11) is 0. The topological polar surface area (TPSA) is 65.6 Å². The lowest BCUT2D eigenvalue weighted by molar-refractivity contribution is 0.0719. The van der Waals surface area contributed by atoms with Gasteiger partial charge in [0.2, 0.25) is 0 Å². The lowest BCUT2D eigenvalue weighted by Gasteiger charge is -2.24. The average Bonchev–Trinajstić information content (AvgIpc) is 3.18. The standard InChI is InChI=1S/C18H24N2O3/c1-2-23-15-8-7-13-11-17(19-16(13)12-15)18(22)20-9-3-5-14(20)6-4-10-21/h7-8,11-12,14,19,21H,2-6,9-10H2,1H3. The van der Waals surface area contributed by atoms with Crippen LogP contribution in [0.25, 0.3) is 10.9 Å². The molecule has 2 N–H and O–H groups in total. The first-order valence-corrected chi connectivity index (χ1v) is 8.40. The predicted molar refractivity (Wildman–Crippen MR) is 89.8 cm³/mol. The number of aromatic amines is 1. The molecule has 1 aliphatic heterocycles. The molecule has 1 aromatic heterocycles. The van der Waals surface area contributed by atoms with Gasteiger partial charge in [-0.15, -0.1) is 0 Å². The summed E-state index contributed by atoms with van der Waals surface area (Å²) in [4.78, 5) is 18.0. The molecule has 0 bridgehead atoms. The van der Waals surface area contributed by atoms with Gasteiger partial charge in [0.25, 0.3) is 5.91 Å². The Morgan fingerprint density at radius 3 is 3.09 bits per heavy atom. The number of amides is 1. The van der Waals surface area contributed by atoms with Gasteiger partial charge in [-0.1, -0.05) is 0 Å². The van der Waals surface area contributed by atoms with Crippen molar-refractivity contribution in [2.24, 2.45) is 0 Å². The van der Waals surface area contributed by atoms with Gasteiger partial charge in [0.1, 0.15) is 11.4 Å². The number of rotatable bonds is 6. The third-order valence-electron chi connectivity index (χ3n) is 4.47. The number of H-pyrrole nitrogens is 1. The van der Waals surface area contributed by atoms with Crippen LogP contribution in [0.4, 0.5) is 0 Å². The van der Waals surface area contributed by atoms with Crippen molar-refractivity contribution in [2.75, 3.05) is 19.8 Å². The third-order valence-corrected chi connectivity index (χ3v) is 4.47. The number of aliphatic hydroxyl groups excluding tert-OH is 1. The second kappa shape index (κ2) is 7.04. The fraction of sp³-hybridized carbons (Fsp3) is 0.500. The van der Waals surface area contributed by atoms with Gasteiger partial charge in [0.15, 0.2) is 0 Å². The van der Waals surface area contributed by atoms with Crippen LogP contribution < -0.4 is 4.74 Å². The van der Waals surface area contributed by atoms with E-state index in [-0.39, 0.29) is 18.6 Å². The lowest BCUT2D eigenvalue weighted by atomic mass is 10.1. The Labute approximate surface area is 136 Å². The fourth-order valence-electron chi connectivity index (χ4n) is 3.36. The first-order chi connectivity index (χ1) is 11.2. The molecule has 3 rings (SSSR count). The van der Waals surface area contributed by atoms with Crippen molar-refractivity contribution in [3.63, 3.8) is 0 Å². The zero-order valence-corrected chi connectivity index (χ0v) is 13.5. The lowest BCUT2D eigenvalue weighted by Crippen LogP contribution is -2.35. The highest BCUT2D eigenvalue weighted by Crippen LogP contribution is 2.26. The van der Waals surface area contributed by atoms with Crippen LogP contribution in [0.3, 0.4) is 0 Å². The van der Waals surface area contributed by atoms with Crippen LogP contribution in [0.1, 0.15) is 43.1 Å². The molecule has 124 valence electrons. The number of ether oxygens (including phenoxy) is 1. The Kier molecular flexibility index (Phi) is 4.86. The number of likely N-dealkylation sites (tertiary alicyclic amines) is 1. The molecule has 0 radical (unpaired) electrons. The summed E-state index contributed by atoms with van der Waals surface area (Å²) in [6.45, 7) is 3.56. The van der Waals surface area contributed by atoms with Crippen LogP contribution in [-0.2, 0) is 0 Å². The number of hydrogen-bond acceptors (Lipinski definition) is 3. The van der Waals surface area contributed by atoms with Crippen molar-refractivity contribution in [3.8, 4) is 5.75 Å². The minimum atomic E-state index is 0.0552. The molecule has 5 heteroatoms. The Bertz CT molecular complexity index is 680. The van der Waals surface area contributed by atoms with E-state index in [9.17, 15) is 4.79 Å². The van der Waals surface area contributed by atoms with Gasteiger partial charge in [-0.05, 0) is 50.8 Å². The number of hydrogen-bond donors (Lipinski definition) is 2. The second-order valence-corrected chi connectivity index (χ2v) is 6.03. The zero-order chi connectivity index (χ0) is 16.2. The molecule has 0 aliphatic carbocycles. The highest BCUT2D eigenvalue weighted by Gasteiger charge is 2.29. The second-order valence-electron chi connectivity index (χ2n) is 6.03. The summed E-state index contributed by atoms with van der Waals surface area (Å²) >= 11 is 0. The van der Waals surface area contributed by atoms with E-state index in [1.54, 1.807) is 0 Å². The maximum Gasteiger partial charge on any atom is 0.270 e. The smallest absolute Gasteiger partial charge is 0.270 e. The summed E-state index contributed by atoms with van der Waals surface area (Å²) in [5, 5.41) is 10.0. The fourth-order valence-corrected chi connectivity index (χ4v) is 3.36. The van der Waals surface area contributed by atoms with Crippen molar-refractivity contribution < 1.29 is 14.6 Å². The minimum absolute atomic E-state index is 0.0552. The number of nitrogens with zero attached hydrogens (tertiary/aromatic N) is 1. The van der Waals surface area contributed by atoms with Crippen LogP contribution in [0.15, 0.2) is 24.3 Å². The first-order valence-electron chi connectivity index (χ1n) is 8.40. The molecule has 1 atom stereocenters. The summed E-state index contributed by atoms with van der Waals surface area (Å²) in [6, 6.07) is 7.99. The Morgan fingerprint density at radius 2 is 2.30 bits per heavy atom. The molecule has 1 saturated heterocycles. The molecule has 1 unspecified atom stereocenters.